The first kappa shape index (κ1) is 22.7. The average molecular weight is 464 g/mol. The van der Waals surface area contributed by atoms with Gasteiger partial charge in [0.05, 0.1) is 18.3 Å². The summed E-state index contributed by atoms with van der Waals surface area (Å²) in [4.78, 5) is 18.0. The van der Waals surface area contributed by atoms with E-state index in [1.807, 2.05) is 30.8 Å². The van der Waals surface area contributed by atoms with Crippen molar-refractivity contribution in [3.05, 3.63) is 24.2 Å². The molecule has 0 amide bonds. The number of nitrogens with zero attached hydrogens (tertiary/aromatic N) is 3. The van der Waals surface area contributed by atoms with Crippen LogP contribution in [0.3, 0.4) is 0 Å². The SMILES string of the molecule is Cc1cc2cn(CC(=O)[C@H]3CC[C@H]4[C@@H]5CC[C@H]6C[C@](C)(O)CC[C@]6(C)[C@H]5CC[C@]34C)nc2cn1. The number of ketones is 1. The molecule has 4 aliphatic rings. The van der Waals surface area contributed by atoms with Crippen LogP contribution in [0.15, 0.2) is 18.5 Å². The summed E-state index contributed by atoms with van der Waals surface area (Å²) in [7, 11) is 0. The van der Waals surface area contributed by atoms with Crippen LogP contribution >= 0.6 is 0 Å². The molecule has 4 saturated carbocycles. The van der Waals surface area contributed by atoms with Gasteiger partial charge in [-0.2, -0.15) is 5.10 Å². The van der Waals surface area contributed by atoms with Crippen LogP contribution in [-0.4, -0.2) is 31.3 Å². The molecule has 34 heavy (non-hydrogen) atoms. The molecule has 184 valence electrons. The van der Waals surface area contributed by atoms with Crippen molar-refractivity contribution in [2.75, 3.05) is 0 Å². The first-order valence-electron chi connectivity index (χ1n) is 13.6. The van der Waals surface area contributed by atoms with Gasteiger partial charge in [-0.15, -0.1) is 0 Å². The molecule has 4 aliphatic carbocycles. The summed E-state index contributed by atoms with van der Waals surface area (Å²) >= 11 is 0. The summed E-state index contributed by atoms with van der Waals surface area (Å²) in [5, 5.41) is 16.4. The number of carbonyl (C=O) groups is 1. The highest BCUT2D eigenvalue weighted by Gasteiger charge is 2.61. The second kappa shape index (κ2) is 7.62. The normalized spacial score (nSPS) is 43.9. The number of aromatic nitrogens is 3. The minimum atomic E-state index is -0.475. The highest BCUT2D eigenvalue weighted by Crippen LogP contribution is 2.68. The number of fused-ring (bicyclic) bond motifs is 6. The van der Waals surface area contributed by atoms with Gasteiger partial charge in [-0.1, -0.05) is 13.8 Å². The Hall–Kier alpha value is -1.75. The zero-order chi connectivity index (χ0) is 23.9. The van der Waals surface area contributed by atoms with Crippen LogP contribution in [0.4, 0.5) is 0 Å². The summed E-state index contributed by atoms with van der Waals surface area (Å²) < 4.78 is 1.84. The van der Waals surface area contributed by atoms with Gasteiger partial charge in [0.2, 0.25) is 0 Å². The van der Waals surface area contributed by atoms with E-state index in [0.29, 0.717) is 29.6 Å². The number of pyridine rings is 1. The number of carbonyl (C=O) groups excluding carboxylic acids is 1. The summed E-state index contributed by atoms with van der Waals surface area (Å²) in [6, 6.07) is 2.04. The van der Waals surface area contributed by atoms with E-state index in [1.54, 1.807) is 6.20 Å². The highest BCUT2D eigenvalue weighted by atomic mass is 16.3. The fraction of sp³-hybridized carbons (Fsp3) is 0.759. The zero-order valence-electron chi connectivity index (χ0n) is 21.4. The molecule has 0 radical (unpaired) electrons. The molecule has 4 fully saturated rings. The van der Waals surface area contributed by atoms with Crippen LogP contribution in [0.1, 0.15) is 84.3 Å². The molecule has 2 aromatic heterocycles. The van der Waals surface area contributed by atoms with Gasteiger partial charge in [-0.05, 0) is 112 Å². The minimum Gasteiger partial charge on any atom is -0.390 e. The van der Waals surface area contributed by atoms with Crippen LogP contribution in [0, 0.1) is 47.3 Å². The Balaban J connectivity index is 1.20. The lowest BCUT2D eigenvalue weighted by Gasteiger charge is -2.61. The Labute approximate surface area is 203 Å². The Morgan fingerprint density at radius 1 is 1.06 bits per heavy atom. The average Bonchev–Trinajstić information content (AvgIpc) is 3.33. The standard InChI is InChI=1S/C29H41N3O2/c1-18-13-19-16-32(31-25(19)15-30-18)17-26(33)24-8-7-22-21-6-5-20-14-27(2,34)11-12-28(20,3)23(21)9-10-29(22,24)4/h13,15-16,20-24,34H,5-12,14,17H2,1-4H3/t20-,21-,22-,23-,24+,27+,28-,29-/m0/s1. The quantitative estimate of drug-likeness (QED) is 0.632. The van der Waals surface area contributed by atoms with Crippen LogP contribution in [0.5, 0.6) is 0 Å². The number of aryl methyl sites for hydroxylation is 1. The van der Waals surface area contributed by atoms with Crippen LogP contribution in [0.2, 0.25) is 0 Å². The lowest BCUT2D eigenvalue weighted by molar-refractivity contribution is -0.151. The molecule has 0 unspecified atom stereocenters. The summed E-state index contributed by atoms with van der Waals surface area (Å²) in [5.41, 5.74) is 1.87. The van der Waals surface area contributed by atoms with E-state index in [1.165, 1.54) is 38.5 Å². The maximum Gasteiger partial charge on any atom is 0.157 e. The summed E-state index contributed by atoms with van der Waals surface area (Å²) in [6.07, 6.45) is 14.1. The number of aliphatic hydroxyl groups is 1. The third-order valence-corrected chi connectivity index (χ3v) is 11.2. The zero-order valence-corrected chi connectivity index (χ0v) is 21.4. The topological polar surface area (TPSA) is 68.0 Å². The maximum atomic E-state index is 13.6. The molecule has 5 nitrogen and oxygen atoms in total. The van der Waals surface area contributed by atoms with Crippen molar-refractivity contribution >= 4 is 16.7 Å². The molecule has 6 rings (SSSR count). The Morgan fingerprint density at radius 3 is 2.68 bits per heavy atom. The third kappa shape index (κ3) is 3.40. The molecule has 1 N–H and O–H groups in total. The van der Waals surface area contributed by atoms with Gasteiger partial charge in [0.1, 0.15) is 5.52 Å². The van der Waals surface area contributed by atoms with Crippen molar-refractivity contribution in [2.45, 2.75) is 97.6 Å². The lowest BCUT2D eigenvalue weighted by atomic mass is 9.44. The van der Waals surface area contributed by atoms with E-state index in [0.717, 1.165) is 47.7 Å². The van der Waals surface area contributed by atoms with Gasteiger partial charge in [0.15, 0.2) is 5.78 Å². The molecular formula is C29H41N3O2. The molecule has 2 heterocycles. The summed E-state index contributed by atoms with van der Waals surface area (Å²) in [6.45, 7) is 9.40. The molecule has 5 heteroatoms. The first-order valence-corrected chi connectivity index (χ1v) is 13.6. The molecule has 0 spiro atoms. The maximum absolute atomic E-state index is 13.6. The van der Waals surface area contributed by atoms with Crippen molar-refractivity contribution in [1.82, 2.24) is 14.8 Å². The molecule has 0 aromatic carbocycles. The smallest absolute Gasteiger partial charge is 0.157 e. The monoisotopic (exact) mass is 463 g/mol. The van der Waals surface area contributed by atoms with E-state index < -0.39 is 5.60 Å². The predicted molar refractivity (Wildman–Crippen MR) is 133 cm³/mol. The van der Waals surface area contributed by atoms with Gasteiger partial charge in [0.25, 0.3) is 0 Å². The van der Waals surface area contributed by atoms with Gasteiger partial charge >= 0.3 is 0 Å². The van der Waals surface area contributed by atoms with E-state index in [-0.39, 0.29) is 11.3 Å². The molecule has 0 aliphatic heterocycles. The largest absolute Gasteiger partial charge is 0.390 e. The fourth-order valence-corrected chi connectivity index (χ4v) is 9.40. The van der Waals surface area contributed by atoms with Crippen molar-refractivity contribution in [2.24, 2.45) is 40.4 Å². The van der Waals surface area contributed by atoms with Crippen LogP contribution in [-0.2, 0) is 11.3 Å². The van der Waals surface area contributed by atoms with Gasteiger partial charge in [0, 0.05) is 23.2 Å². The van der Waals surface area contributed by atoms with Crippen molar-refractivity contribution in [1.29, 1.82) is 0 Å². The van der Waals surface area contributed by atoms with E-state index >= 15 is 0 Å². The number of hydrogen-bond acceptors (Lipinski definition) is 4. The Kier molecular flexibility index (Phi) is 5.09. The van der Waals surface area contributed by atoms with Gasteiger partial charge < -0.3 is 5.11 Å². The Morgan fingerprint density at radius 2 is 1.85 bits per heavy atom. The number of Topliss-reactive ketones (excluding diaryl/α,β-unsaturated/α-hetero) is 1. The molecule has 8 atom stereocenters. The predicted octanol–water partition coefficient (Wildman–Crippen LogP) is 5.72. The van der Waals surface area contributed by atoms with Crippen molar-refractivity contribution in [3.8, 4) is 0 Å². The third-order valence-electron chi connectivity index (χ3n) is 11.2. The molecule has 0 bridgehead atoms. The fourth-order valence-electron chi connectivity index (χ4n) is 9.40. The van der Waals surface area contributed by atoms with Crippen LogP contribution < -0.4 is 0 Å². The highest BCUT2D eigenvalue weighted by molar-refractivity contribution is 5.83. The van der Waals surface area contributed by atoms with E-state index in [9.17, 15) is 9.90 Å². The number of rotatable bonds is 3. The Bertz CT molecular complexity index is 1120. The molecule has 2 aromatic rings. The molecular weight excluding hydrogens is 422 g/mol. The molecule has 0 saturated heterocycles. The van der Waals surface area contributed by atoms with Gasteiger partial charge in [-0.25, -0.2) is 0 Å². The van der Waals surface area contributed by atoms with Gasteiger partial charge in [-0.3, -0.25) is 14.5 Å². The summed E-state index contributed by atoms with van der Waals surface area (Å²) in [5.74, 6) is 3.37. The minimum absolute atomic E-state index is 0.131. The first-order chi connectivity index (χ1) is 16.1. The van der Waals surface area contributed by atoms with Crippen LogP contribution in [0.25, 0.3) is 10.9 Å². The van der Waals surface area contributed by atoms with Crippen molar-refractivity contribution < 1.29 is 9.90 Å². The number of hydrogen-bond donors (Lipinski definition) is 1. The second-order valence-electron chi connectivity index (χ2n) is 13.2. The lowest BCUT2D eigenvalue weighted by Crippen LogP contribution is -2.55. The van der Waals surface area contributed by atoms with Crippen molar-refractivity contribution in [3.63, 3.8) is 0 Å². The van der Waals surface area contributed by atoms with E-state index in [2.05, 4.69) is 23.9 Å². The van der Waals surface area contributed by atoms with E-state index in [4.69, 9.17) is 0 Å². The second-order valence-corrected chi connectivity index (χ2v) is 13.2.